The molecule has 4 heteroatoms. The second kappa shape index (κ2) is 8.67. The van der Waals surface area contributed by atoms with Gasteiger partial charge in [0.25, 0.3) is 0 Å². The van der Waals surface area contributed by atoms with E-state index in [4.69, 9.17) is 9.97 Å². The van der Waals surface area contributed by atoms with Crippen LogP contribution in [0.4, 0.5) is 0 Å². The number of benzene rings is 6. The molecule has 0 fully saturated rings. The number of fused-ring (bicyclic) bond motifs is 11. The summed E-state index contributed by atoms with van der Waals surface area (Å²) in [4.78, 5) is 11.1. The maximum Gasteiger partial charge on any atom is 0.237 e. The molecule has 0 saturated heterocycles. The quantitative estimate of drug-likeness (QED) is 0.205. The topological polar surface area (TPSA) is 35.6 Å². The Hall–Kier alpha value is -5.74. The minimum atomic E-state index is -0.288. The van der Waals surface area contributed by atoms with Crippen LogP contribution in [-0.4, -0.2) is 19.1 Å². The van der Waals surface area contributed by atoms with Gasteiger partial charge in [-0.1, -0.05) is 123 Å². The van der Waals surface area contributed by atoms with Crippen molar-refractivity contribution in [2.75, 3.05) is 0 Å². The van der Waals surface area contributed by atoms with E-state index in [1.54, 1.807) is 0 Å². The van der Waals surface area contributed by atoms with Gasteiger partial charge in [-0.15, -0.1) is 0 Å². The van der Waals surface area contributed by atoms with Crippen molar-refractivity contribution in [3.05, 3.63) is 145 Å². The van der Waals surface area contributed by atoms with E-state index in [0.717, 1.165) is 39.1 Å². The summed E-state index contributed by atoms with van der Waals surface area (Å²) in [7, 11) is 0. The van der Waals surface area contributed by atoms with E-state index in [2.05, 4.69) is 156 Å². The van der Waals surface area contributed by atoms with E-state index in [1.165, 1.54) is 43.4 Å². The summed E-state index contributed by atoms with van der Waals surface area (Å²) < 4.78 is 4.63. The molecular weight excluding hydrogens is 548 g/mol. The molecule has 0 saturated carbocycles. The first kappa shape index (κ1) is 24.7. The highest BCUT2D eigenvalue weighted by molar-refractivity contribution is 6.21. The van der Waals surface area contributed by atoms with Crippen LogP contribution in [0.25, 0.3) is 77.4 Å². The minimum Gasteiger partial charge on any atom is -0.293 e. The first-order valence-electron chi connectivity index (χ1n) is 15.5. The second-order valence-corrected chi connectivity index (χ2v) is 12.6. The fourth-order valence-corrected chi connectivity index (χ4v) is 7.94. The van der Waals surface area contributed by atoms with Crippen molar-refractivity contribution in [3.63, 3.8) is 0 Å². The van der Waals surface area contributed by atoms with Gasteiger partial charge in [0.15, 0.2) is 0 Å². The molecule has 10 rings (SSSR count). The molecule has 212 valence electrons. The first-order chi connectivity index (χ1) is 22.1. The Morgan fingerprint density at radius 2 is 1.07 bits per heavy atom. The highest BCUT2D eigenvalue weighted by Gasteiger charge is 2.41. The van der Waals surface area contributed by atoms with Gasteiger partial charge >= 0.3 is 0 Å². The molecule has 0 bridgehead atoms. The zero-order valence-electron chi connectivity index (χ0n) is 25.0. The lowest BCUT2D eigenvalue weighted by atomic mass is 9.82. The highest BCUT2D eigenvalue weighted by atomic mass is 15.2. The van der Waals surface area contributed by atoms with Crippen LogP contribution < -0.4 is 0 Å². The lowest BCUT2D eigenvalue weighted by Gasteiger charge is -2.24. The smallest absolute Gasteiger partial charge is 0.237 e. The summed E-state index contributed by atoms with van der Waals surface area (Å²) in [6.45, 7) is 4.62. The molecule has 45 heavy (non-hydrogen) atoms. The maximum atomic E-state index is 5.60. The van der Waals surface area contributed by atoms with Crippen molar-refractivity contribution in [1.29, 1.82) is 0 Å². The lowest BCUT2D eigenvalue weighted by molar-refractivity contribution is 0.649. The molecule has 0 unspecified atom stereocenters. The minimum absolute atomic E-state index is 0.288. The van der Waals surface area contributed by atoms with E-state index in [0.29, 0.717) is 5.95 Å². The SMILES string of the molecule is CC1(C)c2ccccc2-c2nc(-n3c4ccccc4c4c5ccccc5ccc43)nc(-n3c4ccccc4c4ccccc43)c21. The number of nitrogens with zero attached hydrogens (tertiary/aromatic N) is 4. The Morgan fingerprint density at radius 3 is 1.80 bits per heavy atom. The van der Waals surface area contributed by atoms with Crippen molar-refractivity contribution >= 4 is 54.4 Å². The van der Waals surface area contributed by atoms with Crippen LogP contribution in [-0.2, 0) is 5.41 Å². The van der Waals surface area contributed by atoms with Crippen molar-refractivity contribution in [2.45, 2.75) is 19.3 Å². The Morgan fingerprint density at radius 1 is 0.489 bits per heavy atom. The molecule has 0 amide bonds. The summed E-state index contributed by atoms with van der Waals surface area (Å²) in [6, 6.07) is 47.8. The number of para-hydroxylation sites is 3. The fourth-order valence-electron chi connectivity index (χ4n) is 7.94. The third-order valence-electron chi connectivity index (χ3n) is 9.91. The van der Waals surface area contributed by atoms with Gasteiger partial charge in [0.2, 0.25) is 5.95 Å². The van der Waals surface area contributed by atoms with Crippen molar-refractivity contribution in [1.82, 2.24) is 19.1 Å². The van der Waals surface area contributed by atoms with Gasteiger partial charge in [0, 0.05) is 38.1 Å². The number of rotatable bonds is 2. The molecule has 9 aromatic rings. The van der Waals surface area contributed by atoms with E-state index < -0.39 is 0 Å². The third kappa shape index (κ3) is 3.16. The van der Waals surface area contributed by atoms with E-state index in [9.17, 15) is 0 Å². The average molecular weight is 577 g/mol. The third-order valence-corrected chi connectivity index (χ3v) is 9.91. The van der Waals surface area contributed by atoms with Crippen LogP contribution in [0, 0.1) is 0 Å². The van der Waals surface area contributed by atoms with Crippen LogP contribution in [0.15, 0.2) is 133 Å². The van der Waals surface area contributed by atoms with Crippen molar-refractivity contribution in [3.8, 4) is 23.0 Å². The van der Waals surface area contributed by atoms with Gasteiger partial charge in [-0.3, -0.25) is 9.13 Å². The van der Waals surface area contributed by atoms with Crippen LogP contribution in [0.1, 0.15) is 25.0 Å². The number of hydrogen-bond acceptors (Lipinski definition) is 2. The van der Waals surface area contributed by atoms with Crippen molar-refractivity contribution < 1.29 is 0 Å². The van der Waals surface area contributed by atoms with Crippen LogP contribution in [0.3, 0.4) is 0 Å². The Kier molecular flexibility index (Phi) is 4.76. The Bertz CT molecular complexity index is 2630. The predicted octanol–water partition coefficient (Wildman–Crippen LogP) is 10.1. The van der Waals surface area contributed by atoms with Crippen LogP contribution in [0.5, 0.6) is 0 Å². The summed E-state index contributed by atoms with van der Waals surface area (Å²) in [5, 5.41) is 7.33. The molecule has 0 N–H and O–H groups in total. The molecule has 0 atom stereocenters. The van der Waals surface area contributed by atoms with Gasteiger partial charge in [-0.25, -0.2) is 4.98 Å². The monoisotopic (exact) mass is 576 g/mol. The fraction of sp³-hybridized carbons (Fsp3) is 0.0732. The molecule has 4 nitrogen and oxygen atoms in total. The predicted molar refractivity (Wildman–Crippen MR) is 186 cm³/mol. The molecule has 3 heterocycles. The van der Waals surface area contributed by atoms with Gasteiger partial charge in [0.05, 0.1) is 27.8 Å². The molecule has 6 aromatic carbocycles. The normalized spacial score (nSPS) is 13.7. The summed E-state index contributed by atoms with van der Waals surface area (Å²) in [6.07, 6.45) is 0. The maximum absolute atomic E-state index is 5.60. The van der Waals surface area contributed by atoms with E-state index in [-0.39, 0.29) is 5.41 Å². The van der Waals surface area contributed by atoms with Crippen LogP contribution >= 0.6 is 0 Å². The molecule has 3 aromatic heterocycles. The standard InChI is InChI=1S/C41H28N4/c1-41(2)31-19-9-5-17-29(31)38-37(41)39(44-32-20-10-6-15-27(32)28-16-7-11-21-33(28)44)43-40(42-38)45-34-22-12-8-18-30(34)36-26-14-4-3-13-25(26)23-24-35(36)45/h3-24H,1-2H3. The molecular formula is C41H28N4. The largest absolute Gasteiger partial charge is 0.293 e. The number of aromatic nitrogens is 4. The Labute approximate surface area is 259 Å². The zero-order chi connectivity index (χ0) is 29.9. The summed E-state index contributed by atoms with van der Waals surface area (Å²) in [5.41, 5.74) is 8.82. The lowest BCUT2D eigenvalue weighted by Crippen LogP contribution is -2.20. The van der Waals surface area contributed by atoms with Gasteiger partial charge in [-0.2, -0.15) is 4.98 Å². The van der Waals surface area contributed by atoms with E-state index >= 15 is 0 Å². The van der Waals surface area contributed by atoms with E-state index in [1.807, 2.05) is 0 Å². The zero-order valence-corrected chi connectivity index (χ0v) is 25.0. The van der Waals surface area contributed by atoms with Crippen LogP contribution in [0.2, 0.25) is 0 Å². The van der Waals surface area contributed by atoms with Gasteiger partial charge in [-0.05, 0) is 40.6 Å². The Balaban J connectivity index is 1.41. The second-order valence-electron chi connectivity index (χ2n) is 12.6. The number of hydrogen-bond donors (Lipinski definition) is 0. The average Bonchev–Trinajstić information content (AvgIpc) is 3.68. The molecule has 0 aliphatic heterocycles. The molecule has 0 spiro atoms. The molecule has 1 aliphatic rings. The molecule has 0 radical (unpaired) electrons. The molecule has 1 aliphatic carbocycles. The highest BCUT2D eigenvalue weighted by Crippen LogP contribution is 2.51. The summed E-state index contributed by atoms with van der Waals surface area (Å²) >= 11 is 0. The van der Waals surface area contributed by atoms with Crippen molar-refractivity contribution in [2.24, 2.45) is 0 Å². The first-order valence-corrected chi connectivity index (χ1v) is 15.5. The summed E-state index contributed by atoms with van der Waals surface area (Å²) in [5.74, 6) is 1.61. The van der Waals surface area contributed by atoms with Gasteiger partial charge < -0.3 is 0 Å². The van der Waals surface area contributed by atoms with Gasteiger partial charge in [0.1, 0.15) is 5.82 Å².